The van der Waals surface area contributed by atoms with Crippen molar-refractivity contribution in [2.75, 3.05) is 6.61 Å². The van der Waals surface area contributed by atoms with E-state index in [9.17, 15) is 19.2 Å². The second kappa shape index (κ2) is 6.31. The van der Waals surface area contributed by atoms with Gasteiger partial charge in [0, 0.05) is 12.2 Å². The number of esters is 2. The summed E-state index contributed by atoms with van der Waals surface area (Å²) in [5.41, 5.74) is -0.647. The molecule has 1 fully saturated rings. The predicted octanol–water partition coefficient (Wildman–Crippen LogP) is -0.115. The summed E-state index contributed by atoms with van der Waals surface area (Å²) in [7, 11) is 0. The van der Waals surface area contributed by atoms with Gasteiger partial charge in [-0.15, -0.1) is 0 Å². The number of carbonyl (C=O) groups is 4. The van der Waals surface area contributed by atoms with Gasteiger partial charge in [-0.25, -0.2) is 9.59 Å². The van der Waals surface area contributed by atoms with Crippen LogP contribution >= 0.6 is 0 Å². The lowest BCUT2D eigenvalue weighted by atomic mass is 10.2. The first-order valence-corrected chi connectivity index (χ1v) is 6.07. The van der Waals surface area contributed by atoms with Crippen LogP contribution in [0.3, 0.4) is 0 Å². The maximum atomic E-state index is 11.3. The molecule has 0 aromatic rings. The first-order valence-electron chi connectivity index (χ1n) is 6.07. The van der Waals surface area contributed by atoms with Gasteiger partial charge in [0.25, 0.3) is 0 Å². The zero-order valence-corrected chi connectivity index (χ0v) is 11.6. The van der Waals surface area contributed by atoms with Gasteiger partial charge >= 0.3 is 11.9 Å². The van der Waals surface area contributed by atoms with Crippen molar-refractivity contribution in [3.05, 3.63) is 12.2 Å². The van der Waals surface area contributed by atoms with Crippen LogP contribution < -0.4 is 5.32 Å². The molecule has 0 bridgehead atoms. The summed E-state index contributed by atoms with van der Waals surface area (Å²) >= 11 is 0. The molecule has 7 heteroatoms. The Labute approximate surface area is 116 Å². The van der Waals surface area contributed by atoms with Crippen LogP contribution in [0, 0.1) is 0 Å². The summed E-state index contributed by atoms with van der Waals surface area (Å²) in [6.07, 6.45) is 1.66. The van der Waals surface area contributed by atoms with Gasteiger partial charge in [0.1, 0.15) is 18.2 Å². The van der Waals surface area contributed by atoms with Gasteiger partial charge in [0.2, 0.25) is 5.91 Å². The van der Waals surface area contributed by atoms with Crippen molar-refractivity contribution in [2.45, 2.75) is 38.8 Å². The molecule has 1 heterocycles. The second-order valence-electron chi connectivity index (χ2n) is 5.26. The molecule has 1 amide bonds. The van der Waals surface area contributed by atoms with E-state index in [1.807, 2.05) is 0 Å². The molecule has 20 heavy (non-hydrogen) atoms. The lowest BCUT2D eigenvalue weighted by Gasteiger charge is -2.17. The SMILES string of the molecule is CC(C)(C)OC(=O)/C=C/C(=O)OCC1NC(=O)CC1=O. The molecule has 110 valence electrons. The summed E-state index contributed by atoms with van der Waals surface area (Å²) in [4.78, 5) is 44.8. The maximum absolute atomic E-state index is 11.3. The Bertz CT molecular complexity index is 460. The molecular weight excluding hydrogens is 266 g/mol. The topological polar surface area (TPSA) is 98.8 Å². The fraction of sp³-hybridized carbons (Fsp3) is 0.538. The first-order chi connectivity index (χ1) is 9.17. The average Bonchev–Trinajstić information content (AvgIpc) is 2.60. The average molecular weight is 283 g/mol. The van der Waals surface area contributed by atoms with Crippen LogP contribution in [0.5, 0.6) is 0 Å². The number of hydrogen-bond acceptors (Lipinski definition) is 6. The number of rotatable bonds is 4. The van der Waals surface area contributed by atoms with Crippen molar-refractivity contribution in [1.29, 1.82) is 0 Å². The molecule has 7 nitrogen and oxygen atoms in total. The molecule has 1 saturated heterocycles. The van der Waals surface area contributed by atoms with Gasteiger partial charge < -0.3 is 14.8 Å². The molecule has 0 spiro atoms. The van der Waals surface area contributed by atoms with E-state index in [0.717, 1.165) is 12.2 Å². The molecule has 1 atom stereocenters. The minimum absolute atomic E-state index is 0.198. The van der Waals surface area contributed by atoms with Crippen molar-refractivity contribution in [2.24, 2.45) is 0 Å². The Morgan fingerprint density at radius 3 is 2.35 bits per heavy atom. The van der Waals surface area contributed by atoms with E-state index < -0.39 is 23.6 Å². The summed E-state index contributed by atoms with van der Waals surface area (Å²) < 4.78 is 9.71. The smallest absolute Gasteiger partial charge is 0.331 e. The van der Waals surface area contributed by atoms with Crippen LogP contribution in [0.15, 0.2) is 12.2 Å². The van der Waals surface area contributed by atoms with E-state index in [1.54, 1.807) is 20.8 Å². The molecule has 1 rings (SSSR count). The Morgan fingerprint density at radius 1 is 1.25 bits per heavy atom. The van der Waals surface area contributed by atoms with Gasteiger partial charge in [-0.3, -0.25) is 9.59 Å². The standard InChI is InChI=1S/C13H17NO6/c1-13(2,3)20-12(18)5-4-11(17)19-7-8-9(15)6-10(16)14-8/h4-5,8H,6-7H2,1-3H3,(H,14,16)/b5-4+. The highest BCUT2D eigenvalue weighted by molar-refractivity contribution is 6.07. The maximum Gasteiger partial charge on any atom is 0.331 e. The number of carbonyl (C=O) groups excluding carboxylic acids is 4. The lowest BCUT2D eigenvalue weighted by Crippen LogP contribution is -2.34. The molecule has 0 saturated carbocycles. The number of nitrogens with one attached hydrogen (secondary N) is 1. The van der Waals surface area contributed by atoms with E-state index in [2.05, 4.69) is 5.32 Å². The third kappa shape index (κ3) is 5.64. The minimum Gasteiger partial charge on any atom is -0.460 e. The van der Waals surface area contributed by atoms with E-state index in [4.69, 9.17) is 9.47 Å². The Balaban J connectivity index is 2.35. The number of hydrogen-bond donors (Lipinski definition) is 1. The molecule has 1 aliphatic rings. The molecule has 0 aromatic carbocycles. The van der Waals surface area contributed by atoms with E-state index in [-0.39, 0.29) is 24.7 Å². The van der Waals surface area contributed by atoms with Crippen molar-refractivity contribution in [3.8, 4) is 0 Å². The molecule has 0 radical (unpaired) electrons. The number of amides is 1. The van der Waals surface area contributed by atoms with E-state index >= 15 is 0 Å². The van der Waals surface area contributed by atoms with Crippen LogP contribution in [-0.4, -0.2) is 41.9 Å². The quantitative estimate of drug-likeness (QED) is 0.439. The fourth-order valence-electron chi connectivity index (χ4n) is 1.43. The second-order valence-corrected chi connectivity index (χ2v) is 5.26. The van der Waals surface area contributed by atoms with Crippen LogP contribution in [0.25, 0.3) is 0 Å². The van der Waals surface area contributed by atoms with Crippen LogP contribution in [-0.2, 0) is 28.7 Å². The molecule has 1 N–H and O–H groups in total. The predicted molar refractivity (Wildman–Crippen MR) is 67.5 cm³/mol. The van der Waals surface area contributed by atoms with Crippen LogP contribution in [0.4, 0.5) is 0 Å². The molecule has 0 aliphatic carbocycles. The molecule has 0 aromatic heterocycles. The summed E-state index contributed by atoms with van der Waals surface area (Å²) in [5.74, 6) is -2.16. The van der Waals surface area contributed by atoms with Crippen molar-refractivity contribution in [1.82, 2.24) is 5.32 Å². The van der Waals surface area contributed by atoms with Crippen LogP contribution in [0.1, 0.15) is 27.2 Å². The summed E-state index contributed by atoms with van der Waals surface area (Å²) in [5, 5.41) is 2.37. The highest BCUT2D eigenvalue weighted by Gasteiger charge is 2.30. The Kier molecular flexibility index (Phi) is 5.01. The van der Waals surface area contributed by atoms with E-state index in [0.29, 0.717) is 0 Å². The Morgan fingerprint density at radius 2 is 1.85 bits per heavy atom. The monoisotopic (exact) mass is 283 g/mol. The van der Waals surface area contributed by atoms with Gasteiger partial charge in [-0.05, 0) is 20.8 Å². The third-order valence-electron chi connectivity index (χ3n) is 2.21. The summed E-state index contributed by atoms with van der Waals surface area (Å²) in [6, 6.07) is -0.804. The summed E-state index contributed by atoms with van der Waals surface area (Å²) in [6.45, 7) is 4.85. The number of ether oxygens (including phenoxy) is 2. The van der Waals surface area contributed by atoms with Crippen LogP contribution in [0.2, 0.25) is 0 Å². The number of ketones is 1. The van der Waals surface area contributed by atoms with Gasteiger partial charge in [-0.1, -0.05) is 0 Å². The third-order valence-corrected chi connectivity index (χ3v) is 2.21. The first kappa shape index (κ1) is 15.9. The van der Waals surface area contributed by atoms with E-state index in [1.165, 1.54) is 0 Å². The lowest BCUT2D eigenvalue weighted by molar-refractivity contribution is -0.149. The minimum atomic E-state index is -0.804. The molecule has 1 unspecified atom stereocenters. The normalized spacial score (nSPS) is 19.1. The molecule has 1 aliphatic heterocycles. The fourth-order valence-corrected chi connectivity index (χ4v) is 1.43. The largest absolute Gasteiger partial charge is 0.460 e. The Hall–Kier alpha value is -2.18. The van der Waals surface area contributed by atoms with Gasteiger partial charge in [-0.2, -0.15) is 0 Å². The number of Topliss-reactive ketones (excluding diaryl/α,β-unsaturated/α-hetero) is 1. The highest BCUT2D eigenvalue weighted by atomic mass is 16.6. The highest BCUT2D eigenvalue weighted by Crippen LogP contribution is 2.07. The van der Waals surface area contributed by atoms with Gasteiger partial charge in [0.05, 0.1) is 6.42 Å². The van der Waals surface area contributed by atoms with Crippen molar-refractivity contribution >= 4 is 23.6 Å². The molecular formula is C13H17NO6. The van der Waals surface area contributed by atoms with Crippen molar-refractivity contribution in [3.63, 3.8) is 0 Å². The van der Waals surface area contributed by atoms with Crippen molar-refractivity contribution < 1.29 is 28.7 Å². The zero-order chi connectivity index (χ0) is 15.3. The zero-order valence-electron chi connectivity index (χ0n) is 11.6. The van der Waals surface area contributed by atoms with Gasteiger partial charge in [0.15, 0.2) is 5.78 Å².